The van der Waals surface area contributed by atoms with Crippen LogP contribution in [0.1, 0.15) is 44.2 Å². The quantitative estimate of drug-likeness (QED) is 0.790. The molecule has 1 unspecified atom stereocenters. The predicted molar refractivity (Wildman–Crippen MR) is 69.6 cm³/mol. The van der Waals surface area contributed by atoms with Crippen molar-refractivity contribution in [2.75, 3.05) is 7.11 Å². The SMILES string of the molecule is COc1cc(C(C)NOC2CCCC2)ccc1O. The molecular weight excluding hydrogens is 230 g/mol. The van der Waals surface area contributed by atoms with E-state index in [4.69, 9.17) is 9.57 Å². The fourth-order valence-corrected chi connectivity index (χ4v) is 2.24. The lowest BCUT2D eigenvalue weighted by Crippen LogP contribution is -2.24. The van der Waals surface area contributed by atoms with E-state index in [1.54, 1.807) is 13.2 Å². The molecule has 1 fully saturated rings. The topological polar surface area (TPSA) is 50.7 Å². The van der Waals surface area contributed by atoms with Gasteiger partial charge in [-0.2, -0.15) is 5.48 Å². The second-order valence-electron chi connectivity index (χ2n) is 4.80. The van der Waals surface area contributed by atoms with Crippen LogP contribution in [0.2, 0.25) is 0 Å². The van der Waals surface area contributed by atoms with Crippen LogP contribution >= 0.6 is 0 Å². The highest BCUT2D eigenvalue weighted by molar-refractivity contribution is 5.42. The molecule has 0 aliphatic heterocycles. The Labute approximate surface area is 108 Å². The van der Waals surface area contributed by atoms with Crippen LogP contribution in [0.15, 0.2) is 18.2 Å². The number of aromatic hydroxyl groups is 1. The van der Waals surface area contributed by atoms with E-state index in [9.17, 15) is 5.11 Å². The number of hydrogen-bond acceptors (Lipinski definition) is 4. The summed E-state index contributed by atoms with van der Waals surface area (Å²) in [5, 5.41) is 9.54. The maximum atomic E-state index is 9.54. The van der Waals surface area contributed by atoms with Crippen molar-refractivity contribution in [2.24, 2.45) is 0 Å². The summed E-state index contributed by atoms with van der Waals surface area (Å²) in [6.45, 7) is 2.03. The summed E-state index contributed by atoms with van der Waals surface area (Å²) in [7, 11) is 1.55. The summed E-state index contributed by atoms with van der Waals surface area (Å²) >= 11 is 0. The molecule has 4 nitrogen and oxygen atoms in total. The molecule has 0 radical (unpaired) electrons. The third-order valence-electron chi connectivity index (χ3n) is 3.42. The summed E-state index contributed by atoms with van der Waals surface area (Å²) < 4.78 is 5.10. The summed E-state index contributed by atoms with van der Waals surface area (Å²) in [4.78, 5) is 5.67. The molecule has 4 heteroatoms. The number of methoxy groups -OCH3 is 1. The van der Waals surface area contributed by atoms with Crippen molar-refractivity contribution < 1.29 is 14.7 Å². The molecule has 1 aliphatic rings. The van der Waals surface area contributed by atoms with E-state index in [1.165, 1.54) is 12.8 Å². The Morgan fingerprint density at radius 3 is 2.72 bits per heavy atom. The molecule has 0 heterocycles. The van der Waals surface area contributed by atoms with Gasteiger partial charge in [-0.1, -0.05) is 18.9 Å². The lowest BCUT2D eigenvalue weighted by atomic mass is 10.1. The molecule has 2 N–H and O–H groups in total. The van der Waals surface area contributed by atoms with E-state index in [1.807, 2.05) is 19.1 Å². The largest absolute Gasteiger partial charge is 0.504 e. The molecule has 0 saturated heterocycles. The van der Waals surface area contributed by atoms with Gasteiger partial charge in [0.25, 0.3) is 0 Å². The average molecular weight is 251 g/mol. The van der Waals surface area contributed by atoms with Crippen LogP contribution in [0.3, 0.4) is 0 Å². The molecule has 0 amide bonds. The zero-order valence-electron chi connectivity index (χ0n) is 11.0. The number of phenols is 1. The molecule has 1 aliphatic carbocycles. The van der Waals surface area contributed by atoms with Crippen molar-refractivity contribution in [1.29, 1.82) is 0 Å². The van der Waals surface area contributed by atoms with Crippen LogP contribution in [0.5, 0.6) is 11.5 Å². The summed E-state index contributed by atoms with van der Waals surface area (Å²) in [5.41, 5.74) is 4.10. The first kappa shape index (κ1) is 13.2. The van der Waals surface area contributed by atoms with Crippen LogP contribution in [0.25, 0.3) is 0 Å². The third-order valence-corrected chi connectivity index (χ3v) is 3.42. The second-order valence-corrected chi connectivity index (χ2v) is 4.80. The highest BCUT2D eigenvalue weighted by atomic mass is 16.7. The highest BCUT2D eigenvalue weighted by Gasteiger charge is 2.17. The van der Waals surface area contributed by atoms with E-state index in [0.717, 1.165) is 18.4 Å². The zero-order valence-corrected chi connectivity index (χ0v) is 11.0. The maximum Gasteiger partial charge on any atom is 0.160 e. The molecule has 18 heavy (non-hydrogen) atoms. The lowest BCUT2D eigenvalue weighted by Gasteiger charge is -2.18. The molecule has 0 spiro atoms. The van der Waals surface area contributed by atoms with Crippen molar-refractivity contribution in [3.05, 3.63) is 23.8 Å². The molecule has 100 valence electrons. The number of phenolic OH excluding ortho intramolecular Hbond substituents is 1. The molecular formula is C14H21NO3. The first-order chi connectivity index (χ1) is 8.70. The van der Waals surface area contributed by atoms with Gasteiger partial charge in [0, 0.05) is 0 Å². The Balaban J connectivity index is 1.93. The van der Waals surface area contributed by atoms with Crippen molar-refractivity contribution in [2.45, 2.75) is 44.8 Å². The van der Waals surface area contributed by atoms with E-state index in [2.05, 4.69) is 5.48 Å². The Morgan fingerprint density at radius 2 is 2.06 bits per heavy atom. The predicted octanol–water partition coefficient (Wildman–Crippen LogP) is 2.93. The van der Waals surface area contributed by atoms with E-state index >= 15 is 0 Å². The molecule has 1 aromatic carbocycles. The molecule has 0 aromatic heterocycles. The van der Waals surface area contributed by atoms with Gasteiger partial charge in [-0.3, -0.25) is 4.84 Å². The van der Waals surface area contributed by atoms with E-state index in [0.29, 0.717) is 11.9 Å². The molecule has 2 rings (SSSR count). The van der Waals surface area contributed by atoms with Gasteiger partial charge < -0.3 is 9.84 Å². The number of hydroxylamine groups is 1. The number of rotatable bonds is 5. The minimum Gasteiger partial charge on any atom is -0.504 e. The number of nitrogens with one attached hydrogen (secondary N) is 1. The van der Waals surface area contributed by atoms with Gasteiger partial charge in [-0.15, -0.1) is 0 Å². The van der Waals surface area contributed by atoms with Crippen molar-refractivity contribution >= 4 is 0 Å². The first-order valence-electron chi connectivity index (χ1n) is 6.49. The highest BCUT2D eigenvalue weighted by Crippen LogP contribution is 2.29. The van der Waals surface area contributed by atoms with Crippen LogP contribution in [0, 0.1) is 0 Å². The van der Waals surface area contributed by atoms with Gasteiger partial charge in [-0.05, 0) is 37.5 Å². The Morgan fingerprint density at radius 1 is 1.33 bits per heavy atom. The smallest absolute Gasteiger partial charge is 0.160 e. The molecule has 0 bridgehead atoms. The number of hydrogen-bond donors (Lipinski definition) is 2. The summed E-state index contributed by atoms with van der Waals surface area (Å²) in [6, 6.07) is 5.40. The molecule has 1 atom stereocenters. The second kappa shape index (κ2) is 6.07. The van der Waals surface area contributed by atoms with E-state index in [-0.39, 0.29) is 11.8 Å². The van der Waals surface area contributed by atoms with Crippen LogP contribution in [-0.2, 0) is 4.84 Å². The minimum atomic E-state index is 0.0695. The van der Waals surface area contributed by atoms with Crippen LogP contribution in [0.4, 0.5) is 0 Å². The maximum absolute atomic E-state index is 9.54. The Hall–Kier alpha value is -1.26. The van der Waals surface area contributed by atoms with Gasteiger partial charge in [0.15, 0.2) is 11.5 Å². The molecule has 1 aromatic rings. The zero-order chi connectivity index (χ0) is 13.0. The standard InChI is InChI=1S/C14H21NO3/c1-10(15-18-12-5-3-4-6-12)11-7-8-13(16)14(9-11)17-2/h7-10,12,15-16H,3-6H2,1-2H3. The van der Waals surface area contributed by atoms with Gasteiger partial charge in [0.2, 0.25) is 0 Å². The van der Waals surface area contributed by atoms with Crippen molar-refractivity contribution in [3.63, 3.8) is 0 Å². The summed E-state index contributed by atoms with van der Waals surface area (Å²) in [6.07, 6.45) is 5.13. The fourth-order valence-electron chi connectivity index (χ4n) is 2.24. The number of benzene rings is 1. The first-order valence-corrected chi connectivity index (χ1v) is 6.49. The number of ether oxygens (including phenoxy) is 1. The third kappa shape index (κ3) is 3.15. The minimum absolute atomic E-state index is 0.0695. The fraction of sp³-hybridized carbons (Fsp3) is 0.571. The van der Waals surface area contributed by atoms with Crippen molar-refractivity contribution in [1.82, 2.24) is 5.48 Å². The Bertz CT molecular complexity index is 389. The van der Waals surface area contributed by atoms with E-state index < -0.39 is 0 Å². The molecule has 1 saturated carbocycles. The lowest BCUT2D eigenvalue weighted by molar-refractivity contribution is -0.0377. The normalized spacial score (nSPS) is 17.9. The van der Waals surface area contributed by atoms with Crippen LogP contribution < -0.4 is 10.2 Å². The van der Waals surface area contributed by atoms with Gasteiger partial charge in [0.05, 0.1) is 19.3 Å². The van der Waals surface area contributed by atoms with Gasteiger partial charge >= 0.3 is 0 Å². The Kier molecular flexibility index (Phi) is 4.44. The average Bonchev–Trinajstić information content (AvgIpc) is 2.89. The van der Waals surface area contributed by atoms with Crippen molar-refractivity contribution in [3.8, 4) is 11.5 Å². The van der Waals surface area contributed by atoms with Gasteiger partial charge in [-0.25, -0.2) is 0 Å². The summed E-state index contributed by atoms with van der Waals surface area (Å²) in [5.74, 6) is 0.646. The van der Waals surface area contributed by atoms with Crippen LogP contribution in [-0.4, -0.2) is 18.3 Å². The monoisotopic (exact) mass is 251 g/mol. The van der Waals surface area contributed by atoms with Gasteiger partial charge in [0.1, 0.15) is 0 Å².